The van der Waals surface area contributed by atoms with Crippen LogP contribution in [0.1, 0.15) is 33.6 Å². The number of fused-ring (bicyclic) bond motifs is 1. The number of hydrogen-bond acceptors (Lipinski definition) is 14. The van der Waals surface area contributed by atoms with Gasteiger partial charge in [0.05, 0.1) is 109 Å². The number of rotatable bonds is 27. The van der Waals surface area contributed by atoms with Crippen LogP contribution in [-0.4, -0.2) is 140 Å². The molecule has 0 spiro atoms. The number of nitrogens with one attached hydrogen (secondary N) is 2. The Morgan fingerprint density at radius 1 is 0.647 bits per heavy atom. The van der Waals surface area contributed by atoms with E-state index in [1.807, 2.05) is 18.2 Å². The number of nitrogen functional groups attached to an aromatic ring is 1. The van der Waals surface area contributed by atoms with E-state index in [4.69, 9.17) is 43.6 Å². The topological polar surface area (TPSA) is 195 Å². The molecule has 4 N–H and O–H groups in total. The van der Waals surface area contributed by atoms with Gasteiger partial charge in [0.15, 0.2) is 0 Å². The van der Waals surface area contributed by atoms with E-state index >= 15 is 0 Å². The monoisotopic (exact) mass is 716 g/mol. The highest BCUT2D eigenvalue weighted by Crippen LogP contribution is 2.32. The number of nitrogens with zero attached hydrogens (tertiary/aromatic N) is 1. The van der Waals surface area contributed by atoms with E-state index in [-0.39, 0.29) is 24.0 Å². The van der Waals surface area contributed by atoms with Crippen molar-refractivity contribution in [2.75, 3.05) is 117 Å². The van der Waals surface area contributed by atoms with Gasteiger partial charge in [0, 0.05) is 18.7 Å². The largest absolute Gasteiger partial charge is 0.489 e. The van der Waals surface area contributed by atoms with E-state index in [2.05, 4.69) is 10.6 Å². The second kappa shape index (κ2) is 22.6. The second-order valence-electron chi connectivity index (χ2n) is 11.3. The first-order valence-corrected chi connectivity index (χ1v) is 17.1. The molecule has 2 aliphatic rings. The zero-order chi connectivity index (χ0) is 36.1. The summed E-state index contributed by atoms with van der Waals surface area (Å²) >= 11 is 0. The molecule has 51 heavy (non-hydrogen) atoms. The van der Waals surface area contributed by atoms with Gasteiger partial charge in [-0.25, -0.2) is 0 Å². The number of ether oxygens (including phenoxy) is 8. The number of anilines is 2. The third-order valence-corrected chi connectivity index (χ3v) is 7.67. The van der Waals surface area contributed by atoms with Crippen molar-refractivity contribution in [3.63, 3.8) is 0 Å². The lowest BCUT2D eigenvalue weighted by Crippen LogP contribution is -2.54. The summed E-state index contributed by atoms with van der Waals surface area (Å²) in [5.74, 6) is -1.51. The first kappa shape index (κ1) is 39.6. The van der Waals surface area contributed by atoms with Gasteiger partial charge in [-0.2, -0.15) is 0 Å². The van der Waals surface area contributed by atoms with E-state index in [0.29, 0.717) is 123 Å². The van der Waals surface area contributed by atoms with Gasteiger partial charge in [-0.05, 0) is 30.7 Å². The van der Waals surface area contributed by atoms with Crippen LogP contribution in [0.5, 0.6) is 5.75 Å². The zero-order valence-corrected chi connectivity index (χ0v) is 28.8. The van der Waals surface area contributed by atoms with Crippen LogP contribution >= 0.6 is 0 Å². The number of para-hydroxylation sites is 2. The predicted octanol–water partition coefficient (Wildman–Crippen LogP) is 1.28. The maximum Gasteiger partial charge on any atom is 0.264 e. The molecule has 2 aliphatic heterocycles. The molecule has 0 aromatic heterocycles. The molecule has 0 aliphatic carbocycles. The Morgan fingerprint density at radius 2 is 1.18 bits per heavy atom. The fraction of sp³-hybridized carbons (Fsp3) is 0.543. The molecule has 0 bridgehead atoms. The number of piperidine rings is 1. The van der Waals surface area contributed by atoms with Crippen molar-refractivity contribution in [1.29, 1.82) is 0 Å². The molecule has 1 fully saturated rings. The van der Waals surface area contributed by atoms with Crippen molar-refractivity contribution >= 4 is 35.0 Å². The van der Waals surface area contributed by atoms with Crippen LogP contribution in [0.3, 0.4) is 0 Å². The molecule has 0 radical (unpaired) electrons. The van der Waals surface area contributed by atoms with Crippen molar-refractivity contribution in [1.82, 2.24) is 10.2 Å². The third kappa shape index (κ3) is 13.2. The molecule has 4 amide bonds. The fourth-order valence-electron chi connectivity index (χ4n) is 5.16. The lowest BCUT2D eigenvalue weighted by Gasteiger charge is -2.27. The highest BCUT2D eigenvalue weighted by atomic mass is 16.6. The molecule has 1 atom stereocenters. The van der Waals surface area contributed by atoms with Crippen LogP contribution in [0.4, 0.5) is 11.4 Å². The van der Waals surface area contributed by atoms with Crippen molar-refractivity contribution in [2.45, 2.75) is 18.9 Å². The van der Waals surface area contributed by atoms with Crippen LogP contribution < -0.4 is 21.1 Å². The standard InChI is InChI=1S/C35H48N4O12/c36-27-5-1-2-7-30(27)51-25-24-50-23-22-49-21-20-48-19-18-47-17-16-46-15-14-45-13-12-44-11-10-37-28-6-3-4-26-32(28)35(43)39(34(26)42)29-8-9-31(40)38-33(29)41/h1-7,29,37H,8-25,36H2,(H,38,40,41). The van der Waals surface area contributed by atoms with E-state index < -0.39 is 29.7 Å². The minimum atomic E-state index is -1.01. The molecule has 2 aromatic rings. The van der Waals surface area contributed by atoms with Gasteiger partial charge >= 0.3 is 0 Å². The average molecular weight is 717 g/mol. The summed E-state index contributed by atoms with van der Waals surface area (Å²) in [7, 11) is 0. The number of nitrogens with two attached hydrogens (primary N) is 1. The Balaban J connectivity index is 0.888. The summed E-state index contributed by atoms with van der Waals surface area (Å²) < 4.78 is 44.1. The van der Waals surface area contributed by atoms with Crippen LogP contribution in [0.2, 0.25) is 0 Å². The first-order chi connectivity index (χ1) is 25.0. The smallest absolute Gasteiger partial charge is 0.264 e. The lowest BCUT2D eigenvalue weighted by molar-refractivity contribution is -0.136. The molecule has 2 aromatic carbocycles. The molecular formula is C35H48N4O12. The Kier molecular flexibility index (Phi) is 17.6. The number of benzene rings is 2. The molecule has 0 saturated carbocycles. The molecule has 280 valence electrons. The highest BCUT2D eigenvalue weighted by Gasteiger charge is 2.45. The zero-order valence-electron chi connectivity index (χ0n) is 28.8. The molecular weight excluding hydrogens is 668 g/mol. The van der Waals surface area contributed by atoms with E-state index in [1.165, 1.54) is 0 Å². The Labute approximate surface area is 297 Å². The molecule has 4 rings (SSSR count). The lowest BCUT2D eigenvalue weighted by atomic mass is 10.0. The molecule has 16 heteroatoms. The minimum absolute atomic E-state index is 0.0663. The summed E-state index contributed by atoms with van der Waals surface area (Å²) in [6.45, 7) is 6.92. The Bertz CT molecular complexity index is 1410. The molecule has 1 unspecified atom stereocenters. The van der Waals surface area contributed by atoms with Gasteiger partial charge in [-0.15, -0.1) is 0 Å². The molecule has 1 saturated heterocycles. The van der Waals surface area contributed by atoms with Gasteiger partial charge < -0.3 is 48.9 Å². The number of carbonyl (C=O) groups excluding carboxylic acids is 4. The maximum atomic E-state index is 13.1. The number of imide groups is 2. The SMILES string of the molecule is Nc1ccccc1OCCOCCOCCOCCOCCOCCOCCOCCNc1cccc2c1C(=O)N(C1CCC(=O)NC1=O)C2=O. The summed E-state index contributed by atoms with van der Waals surface area (Å²) in [5.41, 5.74) is 7.33. The van der Waals surface area contributed by atoms with Crippen molar-refractivity contribution < 1.29 is 57.1 Å². The summed E-state index contributed by atoms with van der Waals surface area (Å²) in [4.78, 5) is 50.8. The van der Waals surface area contributed by atoms with Crippen LogP contribution in [0.25, 0.3) is 0 Å². The van der Waals surface area contributed by atoms with Crippen molar-refractivity contribution in [3.8, 4) is 5.75 Å². The van der Waals surface area contributed by atoms with Crippen LogP contribution in [0, 0.1) is 0 Å². The second-order valence-corrected chi connectivity index (χ2v) is 11.3. The van der Waals surface area contributed by atoms with Crippen LogP contribution in [0.15, 0.2) is 42.5 Å². The van der Waals surface area contributed by atoms with E-state index in [0.717, 1.165) is 4.90 Å². The first-order valence-electron chi connectivity index (χ1n) is 17.1. The quantitative estimate of drug-likeness (QED) is 0.0680. The average Bonchev–Trinajstić information content (AvgIpc) is 3.38. The Hall–Kier alpha value is -4.16. The van der Waals surface area contributed by atoms with Crippen molar-refractivity contribution in [3.05, 3.63) is 53.6 Å². The summed E-state index contributed by atoms with van der Waals surface area (Å²) in [5, 5.41) is 5.33. The fourth-order valence-corrected chi connectivity index (χ4v) is 5.16. The third-order valence-electron chi connectivity index (χ3n) is 7.67. The van der Waals surface area contributed by atoms with Gasteiger partial charge in [-0.1, -0.05) is 18.2 Å². The van der Waals surface area contributed by atoms with E-state index in [9.17, 15) is 19.2 Å². The summed E-state index contributed by atoms with van der Waals surface area (Å²) in [6.07, 6.45) is 0.170. The Morgan fingerprint density at radius 3 is 1.73 bits per heavy atom. The van der Waals surface area contributed by atoms with Gasteiger partial charge in [-0.3, -0.25) is 29.4 Å². The summed E-state index contributed by atoms with van der Waals surface area (Å²) in [6, 6.07) is 11.2. The van der Waals surface area contributed by atoms with Crippen molar-refractivity contribution in [2.24, 2.45) is 0 Å². The van der Waals surface area contributed by atoms with Gasteiger partial charge in [0.25, 0.3) is 11.8 Å². The number of hydrogen-bond donors (Lipinski definition) is 3. The minimum Gasteiger partial charge on any atom is -0.489 e. The normalized spacial score (nSPS) is 15.7. The number of amides is 4. The van der Waals surface area contributed by atoms with Crippen LogP contribution in [-0.2, 0) is 42.7 Å². The number of carbonyl (C=O) groups is 4. The highest BCUT2D eigenvalue weighted by molar-refractivity contribution is 6.25. The molecule has 2 heterocycles. The van der Waals surface area contributed by atoms with Gasteiger partial charge in [0.1, 0.15) is 18.4 Å². The predicted molar refractivity (Wildman–Crippen MR) is 184 cm³/mol. The molecule has 16 nitrogen and oxygen atoms in total. The van der Waals surface area contributed by atoms with E-state index in [1.54, 1.807) is 24.3 Å². The maximum absolute atomic E-state index is 13.1. The van der Waals surface area contributed by atoms with Gasteiger partial charge in [0.2, 0.25) is 11.8 Å².